The van der Waals surface area contributed by atoms with Crippen molar-refractivity contribution in [1.82, 2.24) is 20.1 Å². The molecule has 0 saturated heterocycles. The minimum absolute atomic E-state index is 0.153. The largest absolute Gasteiger partial charge is 0.309 e. The highest BCUT2D eigenvalue weighted by Crippen LogP contribution is 2.25. The Morgan fingerprint density at radius 2 is 2.10 bits per heavy atom. The highest BCUT2D eigenvalue weighted by Gasteiger charge is 2.19. The summed E-state index contributed by atoms with van der Waals surface area (Å²) in [5.74, 6) is 0. The van der Waals surface area contributed by atoms with E-state index in [1.54, 1.807) is 4.68 Å². The molecule has 2 rings (SSSR count). The van der Waals surface area contributed by atoms with E-state index >= 15 is 0 Å². The summed E-state index contributed by atoms with van der Waals surface area (Å²) >= 11 is 6.33. The molecule has 0 spiro atoms. The molecule has 5 heteroatoms. The van der Waals surface area contributed by atoms with Crippen LogP contribution >= 0.6 is 11.6 Å². The molecule has 0 aliphatic rings. The summed E-state index contributed by atoms with van der Waals surface area (Å²) in [6.07, 6.45) is 0.794. The van der Waals surface area contributed by atoms with Crippen molar-refractivity contribution in [3.8, 4) is 0 Å². The van der Waals surface area contributed by atoms with Gasteiger partial charge in [0.05, 0.1) is 17.4 Å². The van der Waals surface area contributed by atoms with Gasteiger partial charge in [-0.2, -0.15) is 5.10 Å². The van der Waals surface area contributed by atoms with Crippen LogP contribution in [0.15, 0.2) is 18.2 Å². The van der Waals surface area contributed by atoms with Crippen LogP contribution < -0.4 is 5.32 Å². The minimum atomic E-state index is 0.153. The van der Waals surface area contributed by atoms with Crippen molar-refractivity contribution in [1.29, 1.82) is 0 Å². The number of aryl methyl sites for hydroxylation is 3. The Morgan fingerprint density at radius 3 is 2.65 bits per heavy atom. The van der Waals surface area contributed by atoms with Crippen LogP contribution in [0.1, 0.15) is 35.6 Å². The zero-order valence-corrected chi connectivity index (χ0v) is 13.2. The maximum Gasteiger partial charge on any atom is 0.130 e. The Hall–Kier alpha value is -1.39. The number of aromatic nitrogens is 3. The van der Waals surface area contributed by atoms with Crippen LogP contribution in [0.2, 0.25) is 5.15 Å². The second kappa shape index (κ2) is 6.37. The van der Waals surface area contributed by atoms with E-state index in [0.717, 1.165) is 35.6 Å². The average molecular weight is 293 g/mol. The molecule has 1 N–H and O–H groups in total. The van der Waals surface area contributed by atoms with Crippen molar-refractivity contribution >= 4 is 11.6 Å². The van der Waals surface area contributed by atoms with E-state index in [2.05, 4.69) is 28.4 Å². The van der Waals surface area contributed by atoms with E-state index < -0.39 is 0 Å². The Kier molecular flexibility index (Phi) is 4.78. The van der Waals surface area contributed by atoms with E-state index in [1.165, 1.54) is 0 Å². The summed E-state index contributed by atoms with van der Waals surface area (Å²) in [5.41, 5.74) is 4.14. The van der Waals surface area contributed by atoms with Gasteiger partial charge < -0.3 is 5.32 Å². The molecule has 0 radical (unpaired) electrons. The van der Waals surface area contributed by atoms with E-state index in [0.29, 0.717) is 5.15 Å². The highest BCUT2D eigenvalue weighted by molar-refractivity contribution is 6.30. The lowest BCUT2D eigenvalue weighted by Crippen LogP contribution is -2.24. The summed E-state index contributed by atoms with van der Waals surface area (Å²) in [7, 11) is 1.87. The summed E-state index contributed by atoms with van der Waals surface area (Å²) in [6.45, 7) is 6.99. The predicted molar refractivity (Wildman–Crippen MR) is 82.1 cm³/mol. The molecule has 4 nitrogen and oxygen atoms in total. The fourth-order valence-electron chi connectivity index (χ4n) is 2.40. The van der Waals surface area contributed by atoms with Crippen LogP contribution in [0.25, 0.3) is 0 Å². The maximum absolute atomic E-state index is 6.33. The molecule has 2 aromatic heterocycles. The fourth-order valence-corrected chi connectivity index (χ4v) is 2.65. The third-order valence-corrected chi connectivity index (χ3v) is 3.87. The van der Waals surface area contributed by atoms with Crippen molar-refractivity contribution in [3.63, 3.8) is 0 Å². The van der Waals surface area contributed by atoms with Gasteiger partial charge in [-0.1, -0.05) is 24.6 Å². The van der Waals surface area contributed by atoms with Gasteiger partial charge in [-0.15, -0.1) is 0 Å². The molecule has 0 fully saturated rings. The standard InChI is InChI=1S/C15H21ClN4/c1-5-17-14(13-8-6-7-10(2)18-13)9-12-11(3)19-20(4)15(12)16/h6-8,14,17H,5,9H2,1-4H3. The number of halogens is 1. The molecule has 0 amide bonds. The molecule has 0 bridgehead atoms. The second-order valence-electron chi connectivity index (χ2n) is 5.00. The molecule has 0 aromatic carbocycles. The summed E-state index contributed by atoms with van der Waals surface area (Å²) in [4.78, 5) is 4.62. The Labute approximate surface area is 125 Å². The number of hydrogen-bond acceptors (Lipinski definition) is 3. The SMILES string of the molecule is CCNC(Cc1c(C)nn(C)c1Cl)c1cccc(C)n1. The van der Waals surface area contributed by atoms with E-state index in [9.17, 15) is 0 Å². The first-order valence-corrected chi connectivity index (χ1v) is 7.25. The van der Waals surface area contributed by atoms with Crippen molar-refractivity contribution in [2.24, 2.45) is 7.05 Å². The van der Waals surface area contributed by atoms with Crippen LogP contribution in [0.3, 0.4) is 0 Å². The quantitative estimate of drug-likeness (QED) is 0.921. The van der Waals surface area contributed by atoms with Gasteiger partial charge >= 0.3 is 0 Å². The predicted octanol–water partition coefficient (Wildman–Crippen LogP) is 2.98. The van der Waals surface area contributed by atoms with Crippen LogP contribution in [-0.4, -0.2) is 21.3 Å². The van der Waals surface area contributed by atoms with Crippen LogP contribution in [-0.2, 0) is 13.5 Å². The number of likely N-dealkylation sites (N-methyl/N-ethyl adjacent to an activating group) is 1. The monoisotopic (exact) mass is 292 g/mol. The lowest BCUT2D eigenvalue weighted by atomic mass is 10.0. The molecule has 20 heavy (non-hydrogen) atoms. The van der Waals surface area contributed by atoms with Crippen LogP contribution in [0.5, 0.6) is 0 Å². The third-order valence-electron chi connectivity index (χ3n) is 3.40. The Morgan fingerprint density at radius 1 is 1.35 bits per heavy atom. The molecule has 108 valence electrons. The average Bonchev–Trinajstić information content (AvgIpc) is 2.64. The van der Waals surface area contributed by atoms with Gasteiger partial charge in [-0.3, -0.25) is 9.67 Å². The van der Waals surface area contributed by atoms with Gasteiger partial charge in [0.15, 0.2) is 0 Å². The number of nitrogens with one attached hydrogen (secondary N) is 1. The Bertz CT molecular complexity index is 592. The molecule has 1 atom stereocenters. The zero-order valence-electron chi connectivity index (χ0n) is 12.4. The first kappa shape index (κ1) is 15.0. The number of pyridine rings is 1. The van der Waals surface area contributed by atoms with Gasteiger partial charge in [-0.25, -0.2) is 0 Å². The second-order valence-corrected chi connectivity index (χ2v) is 5.35. The number of nitrogens with zero attached hydrogens (tertiary/aromatic N) is 3. The topological polar surface area (TPSA) is 42.7 Å². The Balaban J connectivity index is 2.30. The molecular weight excluding hydrogens is 272 g/mol. The fraction of sp³-hybridized carbons (Fsp3) is 0.467. The summed E-state index contributed by atoms with van der Waals surface area (Å²) < 4.78 is 1.72. The highest BCUT2D eigenvalue weighted by atomic mass is 35.5. The zero-order chi connectivity index (χ0) is 14.7. The van der Waals surface area contributed by atoms with Crippen molar-refractivity contribution in [3.05, 3.63) is 46.0 Å². The van der Waals surface area contributed by atoms with Gasteiger partial charge in [0.1, 0.15) is 5.15 Å². The minimum Gasteiger partial charge on any atom is -0.309 e. The maximum atomic E-state index is 6.33. The van der Waals surface area contributed by atoms with Crippen LogP contribution in [0.4, 0.5) is 0 Å². The van der Waals surface area contributed by atoms with Crippen molar-refractivity contribution < 1.29 is 0 Å². The van der Waals surface area contributed by atoms with Gasteiger partial charge in [-0.05, 0) is 38.9 Å². The first-order valence-electron chi connectivity index (χ1n) is 6.87. The normalized spacial score (nSPS) is 12.7. The van der Waals surface area contributed by atoms with E-state index in [4.69, 9.17) is 11.6 Å². The van der Waals surface area contributed by atoms with Crippen molar-refractivity contribution in [2.75, 3.05) is 6.54 Å². The van der Waals surface area contributed by atoms with Gasteiger partial charge in [0.25, 0.3) is 0 Å². The molecule has 1 unspecified atom stereocenters. The van der Waals surface area contributed by atoms with Gasteiger partial charge in [0.2, 0.25) is 0 Å². The molecule has 0 aliphatic heterocycles. The van der Waals surface area contributed by atoms with E-state index in [1.807, 2.05) is 33.0 Å². The number of rotatable bonds is 5. The summed E-state index contributed by atoms with van der Waals surface area (Å²) in [6, 6.07) is 6.26. The lowest BCUT2D eigenvalue weighted by molar-refractivity contribution is 0.534. The molecule has 2 heterocycles. The van der Waals surface area contributed by atoms with Crippen molar-refractivity contribution in [2.45, 2.75) is 33.2 Å². The lowest BCUT2D eigenvalue weighted by Gasteiger charge is -2.18. The number of hydrogen-bond donors (Lipinski definition) is 1. The molecule has 0 saturated carbocycles. The summed E-state index contributed by atoms with van der Waals surface area (Å²) in [5, 5.41) is 8.56. The molecule has 2 aromatic rings. The van der Waals surface area contributed by atoms with E-state index in [-0.39, 0.29) is 6.04 Å². The van der Waals surface area contributed by atoms with Crippen LogP contribution in [0, 0.1) is 13.8 Å². The third kappa shape index (κ3) is 3.19. The first-order chi connectivity index (χ1) is 9.52. The smallest absolute Gasteiger partial charge is 0.130 e. The molecule has 0 aliphatic carbocycles. The molecular formula is C15H21ClN4. The van der Waals surface area contributed by atoms with Gasteiger partial charge in [0, 0.05) is 18.3 Å².